The minimum absolute atomic E-state index is 0.0374. The van der Waals surface area contributed by atoms with Gasteiger partial charge in [-0.3, -0.25) is 14.5 Å². The van der Waals surface area contributed by atoms with Gasteiger partial charge in [-0.05, 0) is 80.3 Å². The van der Waals surface area contributed by atoms with Crippen LogP contribution in [0.3, 0.4) is 0 Å². The molecule has 210 valence electrons. The van der Waals surface area contributed by atoms with E-state index >= 15 is 0 Å². The number of hydrogen-bond donors (Lipinski definition) is 3. The molecule has 0 radical (unpaired) electrons. The summed E-state index contributed by atoms with van der Waals surface area (Å²) in [5, 5.41) is 17.7. The molecular formula is C30H35FN6O3. The number of nitrogens with one attached hydrogen (secondary N) is 3. The molecule has 2 saturated carbocycles. The number of piperazine rings is 1. The predicted molar refractivity (Wildman–Crippen MR) is 148 cm³/mol. The monoisotopic (exact) mass is 546 g/mol. The van der Waals surface area contributed by atoms with Gasteiger partial charge in [0.2, 0.25) is 0 Å². The van der Waals surface area contributed by atoms with Gasteiger partial charge in [-0.2, -0.15) is 5.26 Å². The van der Waals surface area contributed by atoms with E-state index in [1.807, 2.05) is 18.2 Å². The van der Waals surface area contributed by atoms with E-state index in [1.54, 1.807) is 17.9 Å². The maximum absolute atomic E-state index is 14.6. The van der Waals surface area contributed by atoms with Crippen LogP contribution in [0.1, 0.15) is 58.9 Å². The zero-order chi connectivity index (χ0) is 28.3. The van der Waals surface area contributed by atoms with Gasteiger partial charge >= 0.3 is 6.03 Å². The molecule has 5 rings (SSSR count). The highest BCUT2D eigenvalue weighted by Gasteiger charge is 2.43. The Kier molecular flexibility index (Phi) is 8.03. The van der Waals surface area contributed by atoms with E-state index < -0.39 is 17.4 Å². The molecule has 3 fully saturated rings. The van der Waals surface area contributed by atoms with Crippen molar-refractivity contribution in [2.45, 2.75) is 44.7 Å². The van der Waals surface area contributed by atoms with Crippen molar-refractivity contribution in [1.29, 1.82) is 5.26 Å². The molecule has 10 heteroatoms. The highest BCUT2D eigenvalue weighted by atomic mass is 19.1. The smallest absolute Gasteiger partial charge is 0.319 e. The Morgan fingerprint density at radius 3 is 2.42 bits per heavy atom. The van der Waals surface area contributed by atoms with Gasteiger partial charge in [0.15, 0.2) is 0 Å². The Bertz CT molecular complexity index is 1330. The number of rotatable bonds is 9. The highest BCUT2D eigenvalue weighted by molar-refractivity contribution is 5.96. The molecule has 3 aliphatic rings. The average molecular weight is 547 g/mol. The summed E-state index contributed by atoms with van der Waals surface area (Å²) in [4.78, 5) is 41.7. The van der Waals surface area contributed by atoms with Crippen LogP contribution in [0.4, 0.5) is 14.9 Å². The fraction of sp³-hybridized carbons (Fsp3) is 0.467. The van der Waals surface area contributed by atoms with E-state index in [-0.39, 0.29) is 29.0 Å². The van der Waals surface area contributed by atoms with Gasteiger partial charge in [-0.15, -0.1) is 0 Å². The Morgan fingerprint density at radius 1 is 1.02 bits per heavy atom. The van der Waals surface area contributed by atoms with E-state index in [0.29, 0.717) is 50.7 Å². The first-order chi connectivity index (χ1) is 19.2. The van der Waals surface area contributed by atoms with E-state index in [2.05, 4.69) is 26.9 Å². The third kappa shape index (κ3) is 6.77. The summed E-state index contributed by atoms with van der Waals surface area (Å²) in [6.07, 6.45) is 4.12. The largest absolute Gasteiger partial charge is 0.338 e. The fourth-order valence-electron chi connectivity index (χ4n) is 5.03. The van der Waals surface area contributed by atoms with Crippen LogP contribution >= 0.6 is 0 Å². The molecule has 0 spiro atoms. The van der Waals surface area contributed by atoms with E-state index in [4.69, 9.17) is 0 Å². The molecule has 3 N–H and O–H groups in total. The van der Waals surface area contributed by atoms with Gasteiger partial charge in [-0.25, -0.2) is 9.18 Å². The third-order valence-electron chi connectivity index (χ3n) is 7.97. The normalized spacial score (nSPS) is 18.8. The summed E-state index contributed by atoms with van der Waals surface area (Å²) >= 11 is 0. The maximum Gasteiger partial charge on any atom is 0.319 e. The van der Waals surface area contributed by atoms with Crippen LogP contribution in [0, 0.1) is 29.0 Å². The molecule has 4 amide bonds. The van der Waals surface area contributed by atoms with Crippen LogP contribution in [0.2, 0.25) is 0 Å². The van der Waals surface area contributed by atoms with Crippen molar-refractivity contribution in [3.05, 3.63) is 65.0 Å². The van der Waals surface area contributed by atoms with E-state index in [0.717, 1.165) is 31.2 Å². The first-order valence-electron chi connectivity index (χ1n) is 13.9. The summed E-state index contributed by atoms with van der Waals surface area (Å²) in [5.74, 6) is -0.426. The Morgan fingerprint density at radius 2 is 1.77 bits per heavy atom. The van der Waals surface area contributed by atoms with Crippen molar-refractivity contribution >= 4 is 23.5 Å². The molecule has 1 atom stereocenters. The lowest BCUT2D eigenvalue weighted by Gasteiger charge is -2.35. The number of nitriles is 1. The van der Waals surface area contributed by atoms with E-state index in [9.17, 15) is 24.0 Å². The molecule has 1 saturated heterocycles. The minimum atomic E-state index is -0.847. The van der Waals surface area contributed by atoms with Crippen molar-refractivity contribution in [2.24, 2.45) is 11.8 Å². The highest BCUT2D eigenvalue weighted by Crippen LogP contribution is 2.39. The minimum Gasteiger partial charge on any atom is -0.338 e. The first kappa shape index (κ1) is 27.6. The van der Waals surface area contributed by atoms with Gasteiger partial charge in [0.25, 0.3) is 11.8 Å². The standard InChI is InChI=1S/C30H35FN6O3/c1-30(19-32,24-8-9-24)35-27(38)22-4-2-3-21(15-22)18-36-11-13-37(14-12-36)28(39)23-7-10-26(25(31)16-23)34-29(40)33-17-20-5-6-20/h2-4,7,10,15-16,20,24H,5-6,8-9,11-14,17-18H2,1H3,(H,35,38)(H2,33,34,40). The van der Waals surface area contributed by atoms with Gasteiger partial charge in [0.1, 0.15) is 11.4 Å². The number of urea groups is 1. The summed E-state index contributed by atoms with van der Waals surface area (Å²) in [5.41, 5.74) is 0.928. The fourth-order valence-corrected chi connectivity index (χ4v) is 5.03. The molecule has 0 bridgehead atoms. The summed E-state index contributed by atoms with van der Waals surface area (Å²) in [6, 6.07) is 13.3. The van der Waals surface area contributed by atoms with Crippen LogP contribution in [0.25, 0.3) is 0 Å². The van der Waals surface area contributed by atoms with Crippen molar-refractivity contribution < 1.29 is 18.8 Å². The van der Waals surface area contributed by atoms with Gasteiger partial charge in [-0.1, -0.05) is 12.1 Å². The quantitative estimate of drug-likeness (QED) is 0.443. The first-order valence-corrected chi connectivity index (χ1v) is 13.9. The van der Waals surface area contributed by atoms with E-state index in [1.165, 1.54) is 18.2 Å². The zero-order valence-electron chi connectivity index (χ0n) is 22.7. The number of halogens is 1. The molecule has 1 unspecified atom stereocenters. The average Bonchev–Trinajstić information content (AvgIpc) is 3.87. The summed E-state index contributed by atoms with van der Waals surface area (Å²) in [7, 11) is 0. The number of carbonyl (C=O) groups excluding carboxylic acids is 3. The summed E-state index contributed by atoms with van der Waals surface area (Å²) in [6.45, 7) is 5.25. The SMILES string of the molecule is CC(C#N)(NC(=O)c1cccc(CN2CCN(C(=O)c3ccc(NC(=O)NCC4CC4)c(F)c3)CC2)c1)C1CC1. The number of nitrogens with zero attached hydrogens (tertiary/aromatic N) is 3. The molecule has 1 aliphatic heterocycles. The number of amides is 4. The lowest BCUT2D eigenvalue weighted by molar-refractivity contribution is 0.0627. The maximum atomic E-state index is 14.6. The molecule has 40 heavy (non-hydrogen) atoms. The second-order valence-corrected chi connectivity index (χ2v) is 11.3. The Balaban J connectivity index is 1.11. The van der Waals surface area contributed by atoms with Crippen LogP contribution in [0.5, 0.6) is 0 Å². The second kappa shape index (κ2) is 11.6. The van der Waals surface area contributed by atoms with Crippen LogP contribution in [-0.2, 0) is 6.54 Å². The van der Waals surface area contributed by atoms with Gasteiger partial charge < -0.3 is 20.9 Å². The molecule has 2 aliphatic carbocycles. The molecule has 2 aromatic rings. The van der Waals surface area contributed by atoms with Crippen molar-refractivity contribution in [3.63, 3.8) is 0 Å². The van der Waals surface area contributed by atoms with Crippen molar-refractivity contribution in [3.8, 4) is 6.07 Å². The number of hydrogen-bond acceptors (Lipinski definition) is 5. The Hall–Kier alpha value is -3.97. The summed E-state index contributed by atoms with van der Waals surface area (Å²) < 4.78 is 14.6. The Labute approximate surface area is 233 Å². The number of benzene rings is 2. The van der Waals surface area contributed by atoms with Crippen LogP contribution < -0.4 is 16.0 Å². The number of carbonyl (C=O) groups is 3. The predicted octanol–water partition coefficient (Wildman–Crippen LogP) is 3.74. The zero-order valence-corrected chi connectivity index (χ0v) is 22.7. The lowest BCUT2D eigenvalue weighted by atomic mass is 9.97. The van der Waals surface area contributed by atoms with Crippen molar-refractivity contribution in [1.82, 2.24) is 20.4 Å². The molecule has 9 nitrogen and oxygen atoms in total. The lowest BCUT2D eigenvalue weighted by Crippen LogP contribution is -2.48. The second-order valence-electron chi connectivity index (χ2n) is 11.3. The van der Waals surface area contributed by atoms with Gasteiger partial charge in [0, 0.05) is 50.4 Å². The molecule has 2 aromatic carbocycles. The van der Waals surface area contributed by atoms with Crippen LogP contribution in [-0.4, -0.2) is 65.9 Å². The molecule has 0 aromatic heterocycles. The number of anilines is 1. The van der Waals surface area contributed by atoms with Gasteiger partial charge in [0.05, 0.1) is 11.8 Å². The molecular weight excluding hydrogens is 511 g/mol. The van der Waals surface area contributed by atoms with Crippen molar-refractivity contribution in [2.75, 3.05) is 38.0 Å². The molecule has 1 heterocycles. The topological polar surface area (TPSA) is 118 Å². The third-order valence-corrected chi connectivity index (χ3v) is 7.97. The van der Waals surface area contributed by atoms with Crippen LogP contribution in [0.15, 0.2) is 42.5 Å².